The summed E-state index contributed by atoms with van der Waals surface area (Å²) in [6, 6.07) is 2.06. The van der Waals surface area contributed by atoms with E-state index >= 15 is 0 Å². The van der Waals surface area contributed by atoms with Crippen LogP contribution in [0.1, 0.15) is 28.8 Å². The smallest absolute Gasteiger partial charge is 0.256 e. The second kappa shape index (κ2) is 5.34. The van der Waals surface area contributed by atoms with Gasteiger partial charge in [-0.25, -0.2) is 8.78 Å². The van der Waals surface area contributed by atoms with E-state index in [9.17, 15) is 13.6 Å². The highest BCUT2D eigenvalue weighted by atomic mass is 79.9. The normalized spacial score (nSPS) is 20.0. The summed E-state index contributed by atoms with van der Waals surface area (Å²) in [7, 11) is 0. The van der Waals surface area contributed by atoms with Gasteiger partial charge < -0.3 is 4.90 Å². The number of alkyl halides is 1. The quantitative estimate of drug-likeness (QED) is 0.728. The maximum absolute atomic E-state index is 13.6. The minimum Gasteiger partial charge on any atom is -0.337 e. The van der Waals surface area contributed by atoms with Crippen LogP contribution in [0.4, 0.5) is 8.78 Å². The molecule has 0 bridgehead atoms. The fraction of sp³-hybridized carbons (Fsp3) is 0.462. The van der Waals surface area contributed by atoms with Crippen molar-refractivity contribution in [1.29, 1.82) is 0 Å². The molecule has 0 N–H and O–H groups in total. The van der Waals surface area contributed by atoms with E-state index in [-0.39, 0.29) is 21.9 Å². The first-order valence-corrected chi connectivity index (χ1v) is 6.79. The second-order valence-corrected chi connectivity index (χ2v) is 5.87. The predicted molar refractivity (Wildman–Crippen MR) is 68.9 cm³/mol. The van der Waals surface area contributed by atoms with E-state index in [2.05, 4.69) is 15.9 Å². The third-order valence-corrected chi connectivity index (χ3v) is 3.88. The number of hydrogen-bond acceptors (Lipinski definition) is 1. The van der Waals surface area contributed by atoms with E-state index in [1.165, 1.54) is 13.0 Å². The molecule has 1 heterocycles. The molecule has 1 aliphatic heterocycles. The topological polar surface area (TPSA) is 20.3 Å². The monoisotopic (exact) mass is 317 g/mol. The van der Waals surface area contributed by atoms with E-state index in [0.717, 1.165) is 18.9 Å². The molecule has 1 aromatic carbocycles. The van der Waals surface area contributed by atoms with Crippen molar-refractivity contribution in [3.05, 3.63) is 34.9 Å². The molecule has 2 rings (SSSR count). The van der Waals surface area contributed by atoms with Gasteiger partial charge in [-0.05, 0) is 31.4 Å². The molecule has 0 spiro atoms. The number of amides is 1. The molecule has 0 saturated carbocycles. The van der Waals surface area contributed by atoms with E-state index in [0.29, 0.717) is 13.1 Å². The first-order chi connectivity index (χ1) is 8.49. The van der Waals surface area contributed by atoms with Crippen molar-refractivity contribution >= 4 is 21.8 Å². The van der Waals surface area contributed by atoms with Crippen molar-refractivity contribution in [2.24, 2.45) is 0 Å². The number of piperidine rings is 1. The molecule has 5 heteroatoms. The Kier molecular flexibility index (Phi) is 4.00. The fourth-order valence-corrected chi connectivity index (χ4v) is 2.77. The zero-order valence-corrected chi connectivity index (χ0v) is 11.6. The number of carbonyl (C=O) groups is 1. The lowest BCUT2D eigenvalue weighted by atomic mass is 10.1. The van der Waals surface area contributed by atoms with Gasteiger partial charge in [-0.3, -0.25) is 4.79 Å². The molecule has 0 radical (unpaired) electrons. The number of rotatable bonds is 1. The molecular weight excluding hydrogens is 304 g/mol. The van der Waals surface area contributed by atoms with Crippen LogP contribution in [-0.2, 0) is 0 Å². The van der Waals surface area contributed by atoms with Gasteiger partial charge in [0.1, 0.15) is 11.6 Å². The first-order valence-electron chi connectivity index (χ1n) is 5.88. The molecule has 1 atom stereocenters. The Hall–Kier alpha value is -0.970. The SMILES string of the molecule is Cc1cc(C(=O)N2CCCC(Br)C2)c(F)cc1F. The molecule has 18 heavy (non-hydrogen) atoms. The first kappa shape index (κ1) is 13.5. The summed E-state index contributed by atoms with van der Waals surface area (Å²) >= 11 is 3.47. The molecule has 1 amide bonds. The summed E-state index contributed by atoms with van der Waals surface area (Å²) < 4.78 is 26.8. The minimum atomic E-state index is -0.792. The van der Waals surface area contributed by atoms with Crippen molar-refractivity contribution in [2.75, 3.05) is 13.1 Å². The zero-order chi connectivity index (χ0) is 13.3. The summed E-state index contributed by atoms with van der Waals surface area (Å²) in [6.45, 7) is 2.71. The van der Waals surface area contributed by atoms with Crippen LogP contribution in [0, 0.1) is 18.6 Å². The average molecular weight is 318 g/mol. The number of carbonyl (C=O) groups excluding carboxylic acids is 1. The van der Waals surface area contributed by atoms with E-state index in [4.69, 9.17) is 0 Å². The minimum absolute atomic E-state index is 0.0458. The lowest BCUT2D eigenvalue weighted by Crippen LogP contribution is -2.40. The molecule has 1 aromatic rings. The van der Waals surface area contributed by atoms with Crippen LogP contribution in [-0.4, -0.2) is 28.7 Å². The third-order valence-electron chi connectivity index (χ3n) is 3.13. The van der Waals surface area contributed by atoms with Crippen LogP contribution < -0.4 is 0 Å². The Morgan fingerprint density at radius 3 is 2.78 bits per heavy atom. The fourth-order valence-electron chi connectivity index (χ4n) is 2.10. The highest BCUT2D eigenvalue weighted by molar-refractivity contribution is 9.09. The highest BCUT2D eigenvalue weighted by Crippen LogP contribution is 2.21. The van der Waals surface area contributed by atoms with E-state index in [1.807, 2.05) is 0 Å². The summed E-state index contributed by atoms with van der Waals surface area (Å²) in [6.07, 6.45) is 1.90. The number of halogens is 3. The largest absolute Gasteiger partial charge is 0.337 e. The van der Waals surface area contributed by atoms with Gasteiger partial charge in [0.15, 0.2) is 0 Å². The second-order valence-electron chi connectivity index (χ2n) is 4.57. The van der Waals surface area contributed by atoms with Gasteiger partial charge >= 0.3 is 0 Å². The molecule has 1 aliphatic rings. The van der Waals surface area contributed by atoms with Crippen molar-refractivity contribution < 1.29 is 13.6 Å². The Morgan fingerprint density at radius 2 is 2.11 bits per heavy atom. The lowest BCUT2D eigenvalue weighted by molar-refractivity contribution is 0.0725. The summed E-state index contributed by atoms with van der Waals surface area (Å²) in [5.74, 6) is -1.78. The molecule has 0 aliphatic carbocycles. The van der Waals surface area contributed by atoms with Gasteiger partial charge in [0, 0.05) is 24.0 Å². The van der Waals surface area contributed by atoms with Gasteiger partial charge in [0.05, 0.1) is 5.56 Å². The maximum atomic E-state index is 13.6. The molecule has 2 nitrogen and oxygen atoms in total. The lowest BCUT2D eigenvalue weighted by Gasteiger charge is -2.30. The summed E-state index contributed by atoms with van der Waals surface area (Å²) in [4.78, 5) is 14.0. The summed E-state index contributed by atoms with van der Waals surface area (Å²) in [5, 5.41) is 0. The van der Waals surface area contributed by atoms with E-state index < -0.39 is 11.6 Å². The third kappa shape index (κ3) is 2.71. The van der Waals surface area contributed by atoms with Gasteiger partial charge in [0.25, 0.3) is 5.91 Å². The molecule has 0 aromatic heterocycles. The van der Waals surface area contributed by atoms with Crippen LogP contribution in [0.25, 0.3) is 0 Å². The van der Waals surface area contributed by atoms with Gasteiger partial charge in [-0.2, -0.15) is 0 Å². The molecule has 1 fully saturated rings. The van der Waals surface area contributed by atoms with Crippen molar-refractivity contribution in [3.63, 3.8) is 0 Å². The van der Waals surface area contributed by atoms with Gasteiger partial charge in [-0.15, -0.1) is 0 Å². The van der Waals surface area contributed by atoms with Crippen LogP contribution in [0.15, 0.2) is 12.1 Å². The summed E-state index contributed by atoms with van der Waals surface area (Å²) in [5.41, 5.74) is 0.239. The van der Waals surface area contributed by atoms with Crippen LogP contribution in [0.3, 0.4) is 0 Å². The Morgan fingerprint density at radius 1 is 1.39 bits per heavy atom. The van der Waals surface area contributed by atoms with Gasteiger partial charge in [-0.1, -0.05) is 15.9 Å². The average Bonchev–Trinajstić information content (AvgIpc) is 2.33. The Balaban J connectivity index is 2.25. The van der Waals surface area contributed by atoms with E-state index in [1.54, 1.807) is 4.90 Å². The molecule has 98 valence electrons. The number of aryl methyl sites for hydroxylation is 1. The predicted octanol–water partition coefficient (Wildman–Crippen LogP) is 3.27. The highest BCUT2D eigenvalue weighted by Gasteiger charge is 2.25. The number of benzene rings is 1. The van der Waals surface area contributed by atoms with Crippen LogP contribution in [0.5, 0.6) is 0 Å². The van der Waals surface area contributed by atoms with Crippen LogP contribution >= 0.6 is 15.9 Å². The Bertz CT molecular complexity index is 478. The standard InChI is InChI=1S/C13H14BrF2NO/c1-8-5-10(12(16)6-11(8)15)13(18)17-4-2-3-9(14)7-17/h5-6,9H,2-4,7H2,1H3. The van der Waals surface area contributed by atoms with Gasteiger partial charge in [0.2, 0.25) is 0 Å². The molecular formula is C13H14BrF2NO. The van der Waals surface area contributed by atoms with Crippen molar-refractivity contribution in [2.45, 2.75) is 24.6 Å². The van der Waals surface area contributed by atoms with Crippen molar-refractivity contribution in [1.82, 2.24) is 4.90 Å². The maximum Gasteiger partial charge on any atom is 0.256 e. The zero-order valence-electron chi connectivity index (χ0n) is 10.0. The van der Waals surface area contributed by atoms with Crippen LogP contribution in [0.2, 0.25) is 0 Å². The number of likely N-dealkylation sites (tertiary alicyclic amines) is 1. The Labute approximate surface area is 113 Å². The molecule has 1 unspecified atom stereocenters. The molecule has 1 saturated heterocycles. The number of nitrogens with zero attached hydrogens (tertiary/aromatic N) is 1. The number of hydrogen-bond donors (Lipinski definition) is 0. The van der Waals surface area contributed by atoms with Crippen molar-refractivity contribution in [3.8, 4) is 0 Å².